The Labute approximate surface area is 136 Å². The average molecular weight is 305 g/mol. The van der Waals surface area contributed by atoms with Crippen LogP contribution in [0.2, 0.25) is 0 Å². The normalized spacial score (nSPS) is 10.8. The molecule has 4 heteroatoms. The molecule has 0 aliphatic heterocycles. The Kier molecular flexibility index (Phi) is 4.96. The van der Waals surface area contributed by atoms with Gasteiger partial charge in [0.2, 0.25) is 0 Å². The molecule has 4 nitrogen and oxygen atoms in total. The number of hydrogen-bond acceptors (Lipinski definition) is 4. The summed E-state index contributed by atoms with van der Waals surface area (Å²) in [6.07, 6.45) is 3.63. The largest absolute Gasteiger partial charge is 0.508 e. The molecule has 23 heavy (non-hydrogen) atoms. The van der Waals surface area contributed by atoms with E-state index in [9.17, 15) is 5.11 Å². The Hall–Kier alpha value is -2.72. The van der Waals surface area contributed by atoms with Gasteiger partial charge in [-0.15, -0.1) is 0 Å². The highest BCUT2D eigenvalue weighted by Gasteiger charge is 2.09. The lowest BCUT2D eigenvalue weighted by atomic mass is 10.2. The molecule has 1 aromatic carbocycles. The first-order valence-corrected chi connectivity index (χ1v) is 7.60. The van der Waals surface area contributed by atoms with Crippen molar-refractivity contribution in [3.63, 3.8) is 0 Å². The Balaban J connectivity index is 1.76. The van der Waals surface area contributed by atoms with Crippen molar-refractivity contribution in [3.05, 3.63) is 90.0 Å². The summed E-state index contributed by atoms with van der Waals surface area (Å²) in [4.78, 5) is 11.1. The fraction of sp³-hybridized carbons (Fsp3) is 0.158. The number of phenols is 1. The van der Waals surface area contributed by atoms with Gasteiger partial charge in [0.25, 0.3) is 0 Å². The van der Waals surface area contributed by atoms with Crippen LogP contribution < -0.4 is 0 Å². The van der Waals surface area contributed by atoms with Crippen LogP contribution in [0.3, 0.4) is 0 Å². The number of phenolic OH excluding ortho intramolecular Hbond substituents is 1. The molecule has 0 aliphatic carbocycles. The lowest BCUT2D eigenvalue weighted by Gasteiger charge is -2.21. The molecule has 116 valence electrons. The maximum atomic E-state index is 9.43. The van der Waals surface area contributed by atoms with E-state index >= 15 is 0 Å². The fourth-order valence-corrected chi connectivity index (χ4v) is 2.47. The van der Waals surface area contributed by atoms with Crippen LogP contribution in [0.5, 0.6) is 5.75 Å². The number of aromatic nitrogens is 2. The fourth-order valence-electron chi connectivity index (χ4n) is 2.47. The molecule has 3 rings (SSSR count). The quantitative estimate of drug-likeness (QED) is 0.758. The van der Waals surface area contributed by atoms with E-state index in [0.29, 0.717) is 0 Å². The highest BCUT2D eigenvalue weighted by Crippen LogP contribution is 2.15. The molecule has 0 saturated carbocycles. The Morgan fingerprint density at radius 3 is 1.74 bits per heavy atom. The van der Waals surface area contributed by atoms with Gasteiger partial charge in [0.05, 0.1) is 11.4 Å². The molecule has 1 N–H and O–H groups in total. The van der Waals surface area contributed by atoms with Gasteiger partial charge in [0.1, 0.15) is 5.75 Å². The maximum absolute atomic E-state index is 9.43. The summed E-state index contributed by atoms with van der Waals surface area (Å²) in [6, 6.07) is 19.2. The zero-order valence-electron chi connectivity index (χ0n) is 12.8. The van der Waals surface area contributed by atoms with Gasteiger partial charge in [-0.3, -0.25) is 14.9 Å². The molecule has 0 amide bonds. The summed E-state index contributed by atoms with van der Waals surface area (Å²) in [6.45, 7) is 2.27. The van der Waals surface area contributed by atoms with Crippen LogP contribution in [-0.4, -0.2) is 20.0 Å². The zero-order chi connectivity index (χ0) is 15.9. The van der Waals surface area contributed by atoms with Crippen molar-refractivity contribution < 1.29 is 5.11 Å². The van der Waals surface area contributed by atoms with Crippen molar-refractivity contribution in [2.45, 2.75) is 19.6 Å². The van der Waals surface area contributed by atoms with E-state index in [1.54, 1.807) is 12.1 Å². The van der Waals surface area contributed by atoms with E-state index in [4.69, 9.17) is 0 Å². The number of aromatic hydroxyl groups is 1. The first-order chi connectivity index (χ1) is 11.3. The van der Waals surface area contributed by atoms with Gasteiger partial charge in [0.15, 0.2) is 0 Å². The monoisotopic (exact) mass is 305 g/mol. The molecule has 0 aliphatic rings. The van der Waals surface area contributed by atoms with E-state index in [-0.39, 0.29) is 5.75 Å². The molecule has 0 bridgehead atoms. The SMILES string of the molecule is Oc1ccc(CN(Cc2ccccn2)Cc2ccccn2)cc1. The van der Waals surface area contributed by atoms with Crippen molar-refractivity contribution in [2.24, 2.45) is 0 Å². The van der Waals surface area contributed by atoms with Crippen LogP contribution in [0.25, 0.3) is 0 Å². The lowest BCUT2D eigenvalue weighted by Crippen LogP contribution is -2.23. The predicted octanol–water partition coefficient (Wildman–Crippen LogP) is 3.38. The van der Waals surface area contributed by atoms with Crippen molar-refractivity contribution in [2.75, 3.05) is 0 Å². The Morgan fingerprint density at radius 2 is 1.26 bits per heavy atom. The van der Waals surface area contributed by atoms with Gasteiger partial charge in [-0.25, -0.2) is 0 Å². The summed E-state index contributed by atoms with van der Waals surface area (Å²) >= 11 is 0. The molecule has 3 aromatic rings. The van der Waals surface area contributed by atoms with Crippen molar-refractivity contribution in [1.82, 2.24) is 14.9 Å². The first-order valence-electron chi connectivity index (χ1n) is 7.60. The number of nitrogens with zero attached hydrogens (tertiary/aromatic N) is 3. The third kappa shape index (κ3) is 4.63. The molecule has 0 unspecified atom stereocenters. The second-order valence-corrected chi connectivity index (χ2v) is 5.45. The van der Waals surface area contributed by atoms with Crippen molar-refractivity contribution in [1.29, 1.82) is 0 Å². The minimum Gasteiger partial charge on any atom is -0.508 e. The summed E-state index contributed by atoms with van der Waals surface area (Å²) in [5, 5.41) is 9.43. The Morgan fingerprint density at radius 1 is 0.696 bits per heavy atom. The van der Waals surface area contributed by atoms with Gasteiger partial charge < -0.3 is 5.11 Å². The minimum atomic E-state index is 0.287. The highest BCUT2D eigenvalue weighted by atomic mass is 16.3. The predicted molar refractivity (Wildman–Crippen MR) is 89.5 cm³/mol. The topological polar surface area (TPSA) is 49.2 Å². The van der Waals surface area contributed by atoms with Gasteiger partial charge in [0, 0.05) is 32.0 Å². The Bertz CT molecular complexity index is 673. The van der Waals surface area contributed by atoms with Gasteiger partial charge in [-0.05, 0) is 42.0 Å². The summed E-state index contributed by atoms with van der Waals surface area (Å²) in [7, 11) is 0. The van der Waals surface area contributed by atoms with Crippen molar-refractivity contribution >= 4 is 0 Å². The standard InChI is InChI=1S/C19H19N3O/c23-19-9-7-16(8-10-19)13-22(14-17-5-1-3-11-20-17)15-18-6-2-4-12-21-18/h1-12,23H,13-15H2. The summed E-state index contributed by atoms with van der Waals surface area (Å²) in [5.41, 5.74) is 3.21. The number of rotatable bonds is 6. The van der Waals surface area contributed by atoms with Crippen molar-refractivity contribution in [3.8, 4) is 5.75 Å². The number of hydrogen-bond donors (Lipinski definition) is 1. The van der Waals surface area contributed by atoms with Gasteiger partial charge in [-0.2, -0.15) is 0 Å². The van der Waals surface area contributed by atoms with Crippen LogP contribution in [0.4, 0.5) is 0 Å². The molecule has 0 radical (unpaired) electrons. The molecule has 0 atom stereocenters. The average Bonchev–Trinajstić information content (AvgIpc) is 2.59. The number of pyridine rings is 2. The molecular weight excluding hydrogens is 286 g/mol. The molecule has 2 aromatic heterocycles. The van der Waals surface area contributed by atoms with Gasteiger partial charge >= 0.3 is 0 Å². The third-order valence-corrected chi connectivity index (χ3v) is 3.57. The molecule has 0 saturated heterocycles. The summed E-state index contributed by atoms with van der Waals surface area (Å²) in [5.74, 6) is 0.287. The van der Waals surface area contributed by atoms with Gasteiger partial charge in [-0.1, -0.05) is 24.3 Å². The van der Waals surface area contributed by atoms with E-state index in [1.165, 1.54) is 0 Å². The van der Waals surface area contributed by atoms with E-state index < -0.39 is 0 Å². The van der Waals surface area contributed by atoms with Crippen LogP contribution in [0.15, 0.2) is 73.1 Å². The molecule has 0 fully saturated rings. The van der Waals surface area contributed by atoms with Crippen LogP contribution in [0.1, 0.15) is 17.0 Å². The second kappa shape index (κ2) is 7.51. The van der Waals surface area contributed by atoms with E-state index in [0.717, 1.165) is 36.6 Å². The smallest absolute Gasteiger partial charge is 0.115 e. The van der Waals surface area contributed by atoms with Crippen LogP contribution in [0, 0.1) is 0 Å². The third-order valence-electron chi connectivity index (χ3n) is 3.57. The first kappa shape index (κ1) is 15.2. The minimum absolute atomic E-state index is 0.287. The lowest BCUT2D eigenvalue weighted by molar-refractivity contribution is 0.241. The zero-order valence-corrected chi connectivity index (χ0v) is 12.8. The highest BCUT2D eigenvalue weighted by molar-refractivity contribution is 5.26. The summed E-state index contributed by atoms with van der Waals surface area (Å²) < 4.78 is 0. The maximum Gasteiger partial charge on any atom is 0.115 e. The second-order valence-electron chi connectivity index (χ2n) is 5.45. The molecule has 0 spiro atoms. The molecule has 2 heterocycles. The van der Waals surface area contributed by atoms with E-state index in [2.05, 4.69) is 14.9 Å². The van der Waals surface area contributed by atoms with E-state index in [1.807, 2.05) is 60.9 Å². The molecular formula is C19H19N3O. The van der Waals surface area contributed by atoms with Crippen LogP contribution >= 0.6 is 0 Å². The number of benzene rings is 1. The van der Waals surface area contributed by atoms with Crippen LogP contribution in [-0.2, 0) is 19.6 Å².